The molecule has 0 radical (unpaired) electrons. The van der Waals surface area contributed by atoms with Crippen molar-refractivity contribution in [1.29, 1.82) is 0 Å². The lowest BCUT2D eigenvalue weighted by molar-refractivity contribution is -0.114. The number of ketones is 1. The monoisotopic (exact) mass is 431 g/mol. The molecular weight excluding hydrogens is 394 g/mol. The predicted molar refractivity (Wildman–Crippen MR) is 129 cm³/mol. The van der Waals surface area contributed by atoms with Crippen LogP contribution in [0.5, 0.6) is 0 Å². The van der Waals surface area contributed by atoms with Gasteiger partial charge in [0.2, 0.25) is 0 Å². The van der Waals surface area contributed by atoms with E-state index in [1.165, 1.54) is 11.1 Å². The van der Waals surface area contributed by atoms with Crippen LogP contribution in [-0.4, -0.2) is 30.6 Å². The Bertz CT molecular complexity index is 1150. The molecule has 168 valence electrons. The summed E-state index contributed by atoms with van der Waals surface area (Å²) >= 11 is 0. The van der Waals surface area contributed by atoms with E-state index >= 15 is 0 Å². The van der Waals surface area contributed by atoms with Crippen LogP contribution in [0, 0.1) is 29.1 Å². The number of nitrogens with zero attached hydrogens (tertiary/aromatic N) is 1. The Morgan fingerprint density at radius 1 is 1.19 bits per heavy atom. The standard InChI is InChI=1S/C29H35NO2/c1-5-15-29(32)16-14-26-24-12-8-20-17-22(31)11-13-23(20)27(24)25(18-28(26,29)2)19-6-9-21(10-7-19)30(3)4/h6-7,9-10,17,24-26,32H,8,11-14,16,18H2,1-4H3/t24-,25+,26-,28-,29-/m0/s1/i11D2. The van der Waals surface area contributed by atoms with Crippen molar-refractivity contribution in [2.75, 3.05) is 19.0 Å². The van der Waals surface area contributed by atoms with E-state index in [2.05, 4.69) is 47.9 Å². The van der Waals surface area contributed by atoms with Crippen LogP contribution < -0.4 is 4.90 Å². The largest absolute Gasteiger partial charge is 0.378 e. The van der Waals surface area contributed by atoms with Crippen LogP contribution in [0.1, 0.15) is 73.0 Å². The summed E-state index contributed by atoms with van der Waals surface area (Å²) in [5.41, 5.74) is 4.43. The number of rotatable bonds is 2. The second-order valence-corrected chi connectivity index (χ2v) is 10.5. The van der Waals surface area contributed by atoms with Crippen LogP contribution in [0.2, 0.25) is 0 Å². The zero-order chi connectivity index (χ0) is 24.5. The molecule has 5 atom stereocenters. The van der Waals surface area contributed by atoms with Gasteiger partial charge in [-0.15, -0.1) is 5.92 Å². The summed E-state index contributed by atoms with van der Waals surface area (Å²) in [6.45, 7) is 4.04. The molecule has 0 unspecified atom stereocenters. The van der Waals surface area contributed by atoms with E-state index in [-0.39, 0.29) is 23.7 Å². The number of anilines is 1. The fourth-order valence-corrected chi connectivity index (χ4v) is 7.16. The Morgan fingerprint density at radius 2 is 1.94 bits per heavy atom. The van der Waals surface area contributed by atoms with Crippen LogP contribution in [0.15, 0.2) is 47.1 Å². The summed E-state index contributed by atoms with van der Waals surface area (Å²) in [6.07, 6.45) is 4.05. The minimum atomic E-state index is -1.85. The van der Waals surface area contributed by atoms with Crippen LogP contribution in [0.25, 0.3) is 0 Å². The van der Waals surface area contributed by atoms with Gasteiger partial charge in [0, 0.05) is 40.2 Å². The molecule has 5 rings (SSSR count). The summed E-state index contributed by atoms with van der Waals surface area (Å²) in [7, 11) is 4.06. The van der Waals surface area contributed by atoms with Gasteiger partial charge in [-0.25, -0.2) is 0 Å². The van der Waals surface area contributed by atoms with E-state index in [0.717, 1.165) is 42.5 Å². The van der Waals surface area contributed by atoms with Crippen molar-refractivity contribution in [3.05, 3.63) is 52.6 Å². The number of carbonyl (C=O) groups excluding carboxylic acids is 1. The maximum atomic E-state index is 12.4. The predicted octanol–water partition coefficient (Wildman–Crippen LogP) is 5.41. The van der Waals surface area contributed by atoms with Crippen molar-refractivity contribution < 1.29 is 12.6 Å². The number of aliphatic hydroxyl groups is 1. The Labute approximate surface area is 195 Å². The number of carbonyl (C=O) groups is 1. The van der Waals surface area contributed by atoms with Crippen LogP contribution in [0.3, 0.4) is 0 Å². The van der Waals surface area contributed by atoms with E-state index in [1.54, 1.807) is 13.0 Å². The van der Waals surface area contributed by atoms with E-state index in [1.807, 2.05) is 14.1 Å². The zero-order valence-electron chi connectivity index (χ0n) is 21.7. The van der Waals surface area contributed by atoms with Gasteiger partial charge in [0.05, 0.1) is 0 Å². The zero-order valence-corrected chi connectivity index (χ0v) is 19.7. The van der Waals surface area contributed by atoms with Crippen molar-refractivity contribution >= 4 is 11.5 Å². The van der Waals surface area contributed by atoms with Crippen molar-refractivity contribution in [1.82, 2.24) is 0 Å². The lowest BCUT2D eigenvalue weighted by Gasteiger charge is -2.53. The summed E-state index contributed by atoms with van der Waals surface area (Å²) in [6, 6.07) is 8.66. The fraction of sp³-hybridized carbons (Fsp3) is 0.552. The lowest BCUT2D eigenvalue weighted by atomic mass is 9.51. The Balaban J connectivity index is 1.70. The molecule has 0 aliphatic heterocycles. The maximum absolute atomic E-state index is 12.4. The van der Waals surface area contributed by atoms with E-state index in [4.69, 9.17) is 2.74 Å². The number of fused-ring (bicyclic) bond motifs is 4. The van der Waals surface area contributed by atoms with Crippen LogP contribution >= 0.6 is 0 Å². The molecule has 0 heterocycles. The minimum Gasteiger partial charge on any atom is -0.378 e. The Kier molecular flexibility index (Phi) is 4.58. The van der Waals surface area contributed by atoms with Gasteiger partial charge in [-0.05, 0) is 92.2 Å². The van der Waals surface area contributed by atoms with E-state index in [9.17, 15) is 9.90 Å². The van der Waals surface area contributed by atoms with Crippen LogP contribution in [0.4, 0.5) is 5.69 Å². The van der Waals surface area contributed by atoms with Gasteiger partial charge in [-0.2, -0.15) is 0 Å². The molecule has 4 aliphatic rings. The SMILES string of the molecule is [2H]C1([2H])CC2=C3[C@@H](CCC2=CC1=O)[C@@H]1CC[C@@](O)(C#CC)[C@@]1(C)C[C@@H]3c1ccc(N(C)C)cc1. The molecule has 0 bridgehead atoms. The highest BCUT2D eigenvalue weighted by Gasteiger charge is 2.62. The number of hydrogen-bond acceptors (Lipinski definition) is 3. The van der Waals surface area contributed by atoms with E-state index < -0.39 is 17.8 Å². The molecule has 32 heavy (non-hydrogen) atoms. The van der Waals surface area contributed by atoms with Crippen molar-refractivity contribution in [2.45, 2.75) is 70.3 Å². The van der Waals surface area contributed by atoms with E-state index in [0.29, 0.717) is 12.3 Å². The first-order chi connectivity index (χ1) is 16.0. The van der Waals surface area contributed by atoms with Gasteiger partial charge in [-0.3, -0.25) is 4.79 Å². The first-order valence-electron chi connectivity index (χ1n) is 12.9. The number of benzene rings is 1. The number of allylic oxidation sites excluding steroid dienone is 4. The average molecular weight is 432 g/mol. The van der Waals surface area contributed by atoms with Gasteiger partial charge in [0.15, 0.2) is 5.78 Å². The molecule has 1 N–H and O–H groups in total. The topological polar surface area (TPSA) is 40.5 Å². The summed E-state index contributed by atoms with van der Waals surface area (Å²) in [5.74, 6) is 6.46. The molecule has 3 nitrogen and oxygen atoms in total. The maximum Gasteiger partial charge on any atom is 0.156 e. The average Bonchev–Trinajstić information content (AvgIpc) is 3.04. The van der Waals surface area contributed by atoms with Crippen LogP contribution in [-0.2, 0) is 4.79 Å². The Hall–Kier alpha value is -2.31. The van der Waals surface area contributed by atoms with Gasteiger partial charge < -0.3 is 10.0 Å². The summed E-state index contributed by atoms with van der Waals surface area (Å²) < 4.78 is 16.8. The molecule has 3 heteroatoms. The smallest absolute Gasteiger partial charge is 0.156 e. The molecule has 4 aliphatic carbocycles. The summed E-state index contributed by atoms with van der Waals surface area (Å²) in [5, 5.41) is 11.8. The Morgan fingerprint density at radius 3 is 2.62 bits per heavy atom. The first-order valence-corrected chi connectivity index (χ1v) is 11.9. The van der Waals surface area contributed by atoms with Crippen molar-refractivity contribution in [2.24, 2.45) is 17.3 Å². The molecule has 0 spiro atoms. The second kappa shape index (κ2) is 7.63. The van der Waals surface area contributed by atoms with Gasteiger partial charge in [0.1, 0.15) is 5.60 Å². The fourth-order valence-electron chi connectivity index (χ4n) is 7.16. The van der Waals surface area contributed by atoms with Crippen molar-refractivity contribution in [3.8, 4) is 11.8 Å². The third-order valence-corrected chi connectivity index (χ3v) is 8.82. The van der Waals surface area contributed by atoms with Gasteiger partial charge in [0.25, 0.3) is 0 Å². The molecule has 1 aromatic carbocycles. The lowest BCUT2D eigenvalue weighted by Crippen LogP contribution is -2.51. The third kappa shape index (κ3) is 3.11. The molecule has 0 aromatic heterocycles. The van der Waals surface area contributed by atoms with Gasteiger partial charge >= 0.3 is 0 Å². The normalized spacial score (nSPS) is 38.3. The quantitative estimate of drug-likeness (QED) is 0.637. The molecule has 0 saturated heterocycles. The molecule has 2 fully saturated rings. The van der Waals surface area contributed by atoms with Crippen molar-refractivity contribution in [3.63, 3.8) is 0 Å². The molecular formula is C29H35NO2. The summed E-state index contributed by atoms with van der Waals surface area (Å²) in [4.78, 5) is 14.5. The highest BCUT2D eigenvalue weighted by atomic mass is 16.3. The first kappa shape index (κ1) is 19.2. The second-order valence-electron chi connectivity index (χ2n) is 10.5. The minimum absolute atomic E-state index is 0.0773. The highest BCUT2D eigenvalue weighted by molar-refractivity contribution is 5.93. The molecule has 2 saturated carbocycles. The van der Waals surface area contributed by atoms with Gasteiger partial charge in [-0.1, -0.05) is 30.6 Å². The molecule has 1 aromatic rings. The number of hydrogen-bond donors (Lipinski definition) is 1. The third-order valence-electron chi connectivity index (χ3n) is 8.82. The molecule has 0 amide bonds. The highest BCUT2D eigenvalue weighted by Crippen LogP contribution is 2.66.